The van der Waals surface area contributed by atoms with E-state index in [4.69, 9.17) is 9.47 Å². The third kappa shape index (κ3) is 14.4. The summed E-state index contributed by atoms with van der Waals surface area (Å²) in [6.07, 6.45) is 0.612. The molecule has 0 amide bonds. The van der Waals surface area contributed by atoms with Gasteiger partial charge in [-0.1, -0.05) is 173 Å². The molecule has 386 valence electrons. The minimum Gasteiger partial charge on any atom is -0.507 e. The Morgan fingerprint density at radius 3 is 0.861 bits per heavy atom. The van der Waals surface area contributed by atoms with Gasteiger partial charge in [0.05, 0.1) is 13.2 Å². The van der Waals surface area contributed by atoms with Crippen LogP contribution in [0.2, 0.25) is 0 Å². The van der Waals surface area contributed by atoms with Gasteiger partial charge in [0.25, 0.3) is 0 Å². The third-order valence-electron chi connectivity index (χ3n) is 13.5. The van der Waals surface area contributed by atoms with Crippen molar-refractivity contribution in [2.45, 2.75) is 177 Å². The van der Waals surface area contributed by atoms with Crippen molar-refractivity contribution in [2.24, 2.45) is 0 Å². The fourth-order valence-electron chi connectivity index (χ4n) is 8.80. The first-order valence-electron chi connectivity index (χ1n) is 25.2. The van der Waals surface area contributed by atoms with Crippen LogP contribution >= 0.6 is 0 Å². The summed E-state index contributed by atoms with van der Waals surface area (Å²) in [5.41, 5.74) is 15.8. The molecule has 0 unspecified atom stereocenters. The topological polar surface area (TPSA) is 58.9 Å². The van der Waals surface area contributed by atoms with E-state index in [0.29, 0.717) is 31.1 Å². The molecule has 0 aliphatic heterocycles. The van der Waals surface area contributed by atoms with E-state index >= 15 is 0 Å². The molecule has 4 nitrogen and oxygen atoms in total. The number of aryl methyl sites for hydroxylation is 2. The molecule has 0 bridgehead atoms. The summed E-state index contributed by atoms with van der Waals surface area (Å²) < 4.78 is 13.4. The van der Waals surface area contributed by atoms with Gasteiger partial charge in [-0.25, -0.2) is 0 Å². The van der Waals surface area contributed by atoms with Crippen LogP contribution in [0.5, 0.6) is 23.0 Å². The molecule has 0 aliphatic carbocycles. The molecule has 72 heavy (non-hydrogen) atoms. The normalized spacial score (nSPS) is 12.4. The number of phenolic OH excluding ortho intramolecular Hbond substituents is 2. The number of phenols is 2. The smallest absolute Gasteiger partial charge is 0.507 e. The summed E-state index contributed by atoms with van der Waals surface area (Å²) >= 11 is 0. The first kappa shape index (κ1) is 61.7. The van der Waals surface area contributed by atoms with Crippen LogP contribution in [0.3, 0.4) is 0 Å². The molecular formula is C67H90O4Zr. The van der Waals surface area contributed by atoms with Crippen LogP contribution < -0.4 is 9.47 Å². The van der Waals surface area contributed by atoms with E-state index in [9.17, 15) is 10.2 Å². The van der Waals surface area contributed by atoms with Crippen LogP contribution in [0.1, 0.15) is 176 Å². The number of hydrogen-bond donors (Lipinski definition) is 2. The molecule has 6 aromatic rings. The van der Waals surface area contributed by atoms with E-state index in [-0.39, 0.29) is 85.0 Å². The number of ether oxygens (including phenoxy) is 2. The number of hydrogen-bond acceptors (Lipinski definition) is 4. The second-order valence-corrected chi connectivity index (χ2v) is 26.0. The molecule has 0 aromatic heterocycles. The minimum atomic E-state index is -0.120. The molecule has 0 saturated heterocycles. The standard InChI is InChI=1S/C65H84O4.2CH3.Zr/c1-40-28-50(42-32-46(62(9,10)11)36-47(33-42)63(12,13)14)58(66)54(30-40)52-38-44(60(3,4)5)22-24-56(52)68-26-21-27-69-57-25-23-45(61(6,7)8)39-53(57)55-31-41(2)29-51(59(55)67)43-34-48(64(15,16)17)37-49(35-43)65(18,19)20;;;/h22-25,28-39,66-67H,21,26-27H2,1-20H3;2*1H3;/q;2*-1;+2. The maximum Gasteiger partial charge on any atom is 2.00 e. The Morgan fingerprint density at radius 2 is 0.597 bits per heavy atom. The van der Waals surface area contributed by atoms with Crippen molar-refractivity contribution in [3.05, 3.63) is 156 Å². The van der Waals surface area contributed by atoms with Gasteiger partial charge < -0.3 is 34.5 Å². The largest absolute Gasteiger partial charge is 2.00 e. The number of benzene rings is 6. The molecule has 5 heteroatoms. The van der Waals surface area contributed by atoms with Crippen molar-refractivity contribution in [1.29, 1.82) is 0 Å². The summed E-state index contributed by atoms with van der Waals surface area (Å²) in [4.78, 5) is 0. The van der Waals surface area contributed by atoms with Gasteiger partial charge in [-0.2, -0.15) is 0 Å². The maximum absolute atomic E-state index is 12.4. The molecule has 0 spiro atoms. The van der Waals surface area contributed by atoms with Crippen molar-refractivity contribution < 1.29 is 45.9 Å². The average Bonchev–Trinajstić information content (AvgIpc) is 3.22. The Bertz CT molecular complexity index is 2580. The molecule has 2 N–H and O–H groups in total. The Morgan fingerprint density at radius 1 is 0.333 bits per heavy atom. The molecule has 0 aliphatic rings. The summed E-state index contributed by atoms with van der Waals surface area (Å²) in [6, 6.07) is 34.7. The summed E-state index contributed by atoms with van der Waals surface area (Å²) in [5.74, 6) is 1.92. The van der Waals surface area contributed by atoms with Crippen molar-refractivity contribution in [3.63, 3.8) is 0 Å². The van der Waals surface area contributed by atoms with E-state index < -0.39 is 0 Å². The van der Waals surface area contributed by atoms with E-state index in [1.165, 1.54) is 22.3 Å². The van der Waals surface area contributed by atoms with Crippen LogP contribution in [0.15, 0.2) is 97.1 Å². The molecule has 0 saturated carbocycles. The van der Waals surface area contributed by atoms with Gasteiger partial charge in [0, 0.05) is 39.8 Å². The van der Waals surface area contributed by atoms with Gasteiger partial charge in [-0.05, 0) is 151 Å². The van der Waals surface area contributed by atoms with Gasteiger partial charge in [-0.15, -0.1) is 0 Å². The van der Waals surface area contributed by atoms with Gasteiger partial charge in [0.2, 0.25) is 0 Å². The molecular weight excluding hydrogens is 960 g/mol. The fourth-order valence-corrected chi connectivity index (χ4v) is 8.80. The Kier molecular flexibility index (Phi) is 19.3. The molecule has 0 atom stereocenters. The van der Waals surface area contributed by atoms with Gasteiger partial charge in [-0.3, -0.25) is 0 Å². The van der Waals surface area contributed by atoms with Gasteiger partial charge in [0.15, 0.2) is 0 Å². The van der Waals surface area contributed by atoms with E-state index in [0.717, 1.165) is 66.8 Å². The number of rotatable bonds is 10. The van der Waals surface area contributed by atoms with Crippen LogP contribution in [-0.4, -0.2) is 23.4 Å². The molecule has 6 rings (SSSR count). The zero-order valence-electron chi connectivity index (χ0n) is 48.6. The monoisotopic (exact) mass is 1050 g/mol. The van der Waals surface area contributed by atoms with E-state index in [2.05, 4.69) is 236 Å². The molecule has 0 radical (unpaired) electrons. The SMILES string of the molecule is Cc1cc(-c2cc(C(C)(C)C)cc(C(C)(C)C)c2)c(O)c(-c2cc(C(C)(C)C)ccc2OCCCOc2ccc(C(C)(C)C)cc2-c2cc(C)cc(-c3cc(C(C)(C)C)cc(C(C)(C)C)c3)c2O)c1.[CH3-].[CH3-].[Zr+2]. The summed E-state index contributed by atoms with van der Waals surface area (Å²) in [7, 11) is 0. The summed E-state index contributed by atoms with van der Waals surface area (Å²) in [5, 5.41) is 24.7. The van der Waals surface area contributed by atoms with Crippen LogP contribution in [0.25, 0.3) is 44.5 Å². The van der Waals surface area contributed by atoms with Crippen molar-refractivity contribution in [2.75, 3.05) is 13.2 Å². The Hall–Kier alpha value is -4.60. The van der Waals surface area contributed by atoms with E-state index in [1.807, 2.05) is 0 Å². The number of aromatic hydroxyl groups is 2. The Labute approximate surface area is 457 Å². The quantitative estimate of drug-likeness (QED) is 0.106. The molecule has 6 aromatic carbocycles. The van der Waals surface area contributed by atoms with Crippen molar-refractivity contribution in [1.82, 2.24) is 0 Å². The minimum absolute atomic E-state index is 0. The van der Waals surface area contributed by atoms with Crippen molar-refractivity contribution >= 4 is 0 Å². The van der Waals surface area contributed by atoms with Gasteiger partial charge in [0.1, 0.15) is 23.0 Å². The third-order valence-corrected chi connectivity index (χ3v) is 13.5. The molecule has 0 fully saturated rings. The second kappa shape index (κ2) is 22.5. The second-order valence-electron chi connectivity index (χ2n) is 26.0. The predicted molar refractivity (Wildman–Crippen MR) is 308 cm³/mol. The van der Waals surface area contributed by atoms with Gasteiger partial charge >= 0.3 is 26.2 Å². The van der Waals surface area contributed by atoms with Crippen LogP contribution in [0, 0.1) is 28.7 Å². The first-order valence-corrected chi connectivity index (χ1v) is 25.2. The Balaban J connectivity index is 0.00000456. The zero-order valence-corrected chi connectivity index (χ0v) is 51.0. The average molecular weight is 1050 g/mol. The van der Waals surface area contributed by atoms with Crippen LogP contribution in [-0.2, 0) is 58.7 Å². The van der Waals surface area contributed by atoms with E-state index in [1.54, 1.807) is 0 Å². The first-order chi connectivity index (χ1) is 31.6. The molecule has 0 heterocycles. The fraction of sp³-hybridized carbons (Fsp3) is 0.433. The summed E-state index contributed by atoms with van der Waals surface area (Å²) in [6.45, 7) is 45.2. The zero-order chi connectivity index (χ0) is 51.4. The predicted octanol–water partition coefficient (Wildman–Crippen LogP) is 18.9. The maximum atomic E-state index is 12.4. The van der Waals surface area contributed by atoms with Crippen LogP contribution in [0.4, 0.5) is 0 Å². The van der Waals surface area contributed by atoms with Crippen molar-refractivity contribution in [3.8, 4) is 67.5 Å².